The van der Waals surface area contributed by atoms with Crippen molar-refractivity contribution in [1.82, 2.24) is 4.90 Å². The van der Waals surface area contributed by atoms with Crippen molar-refractivity contribution in [3.05, 3.63) is 28.2 Å². The first-order valence-corrected chi connectivity index (χ1v) is 9.18. The summed E-state index contributed by atoms with van der Waals surface area (Å²) in [5, 5.41) is 0.962. The minimum Gasteiger partial charge on any atom is -0.482 e. The lowest BCUT2D eigenvalue weighted by molar-refractivity contribution is -0.139. The molecule has 0 bridgehead atoms. The van der Waals surface area contributed by atoms with Gasteiger partial charge in [-0.05, 0) is 43.9 Å². The number of piperidine rings is 1. The van der Waals surface area contributed by atoms with Gasteiger partial charge in [0.2, 0.25) is 0 Å². The molecule has 1 aliphatic carbocycles. The molecule has 2 fully saturated rings. The Labute approximate surface area is 153 Å². The van der Waals surface area contributed by atoms with Crippen LogP contribution in [0.5, 0.6) is 5.75 Å². The predicted octanol–water partition coefficient (Wildman–Crippen LogP) is 4.18. The summed E-state index contributed by atoms with van der Waals surface area (Å²) < 4.78 is 11.3. The van der Waals surface area contributed by atoms with E-state index in [1.165, 1.54) is 6.42 Å². The standard InChI is InChI=1S/C18H23Cl2NO3/c1-23-16-4-2-7-18(16)8-3-9-21(12-18)17(22)11-24-15-6-5-13(19)10-14(15)20/h5-6,10,16H,2-4,7-9,11-12H2,1H3/t16-,18-/m1/s1. The van der Waals surface area contributed by atoms with Crippen molar-refractivity contribution in [1.29, 1.82) is 0 Å². The number of methoxy groups -OCH3 is 1. The lowest BCUT2D eigenvalue weighted by atomic mass is 9.76. The molecule has 1 saturated carbocycles. The highest BCUT2D eigenvalue weighted by atomic mass is 35.5. The first-order chi connectivity index (χ1) is 11.5. The largest absolute Gasteiger partial charge is 0.482 e. The van der Waals surface area contributed by atoms with Crippen LogP contribution in [0.1, 0.15) is 32.1 Å². The Kier molecular flexibility index (Phi) is 5.58. The first kappa shape index (κ1) is 17.8. The van der Waals surface area contributed by atoms with Crippen molar-refractivity contribution < 1.29 is 14.3 Å². The van der Waals surface area contributed by atoms with Gasteiger partial charge < -0.3 is 14.4 Å². The number of amides is 1. The average molecular weight is 372 g/mol. The Balaban J connectivity index is 1.60. The van der Waals surface area contributed by atoms with Gasteiger partial charge in [0.1, 0.15) is 5.75 Å². The highest BCUT2D eigenvalue weighted by Gasteiger charge is 2.46. The quantitative estimate of drug-likeness (QED) is 0.796. The third-order valence-corrected chi connectivity index (χ3v) is 5.85. The summed E-state index contributed by atoms with van der Waals surface area (Å²) in [6.07, 6.45) is 5.83. The number of hydrogen-bond donors (Lipinski definition) is 0. The Morgan fingerprint density at radius 1 is 1.33 bits per heavy atom. The summed E-state index contributed by atoms with van der Waals surface area (Å²) in [6, 6.07) is 5.00. The van der Waals surface area contributed by atoms with Gasteiger partial charge in [-0.25, -0.2) is 0 Å². The fourth-order valence-electron chi connectivity index (χ4n) is 4.14. The third-order valence-electron chi connectivity index (χ3n) is 5.31. The van der Waals surface area contributed by atoms with Crippen LogP contribution in [0.3, 0.4) is 0 Å². The van der Waals surface area contributed by atoms with Crippen molar-refractivity contribution in [2.75, 3.05) is 26.8 Å². The number of carbonyl (C=O) groups excluding carboxylic acids is 1. The molecule has 1 aliphatic heterocycles. The molecule has 0 aromatic heterocycles. The van der Waals surface area contributed by atoms with Crippen LogP contribution in [0.15, 0.2) is 18.2 Å². The second kappa shape index (κ2) is 7.51. The third kappa shape index (κ3) is 3.66. The van der Waals surface area contributed by atoms with Gasteiger partial charge in [0.05, 0.1) is 11.1 Å². The number of halogens is 2. The smallest absolute Gasteiger partial charge is 0.260 e. The molecule has 0 N–H and O–H groups in total. The van der Waals surface area contributed by atoms with Crippen LogP contribution >= 0.6 is 23.2 Å². The second-order valence-electron chi connectivity index (χ2n) is 6.76. The minimum atomic E-state index is -0.00488. The summed E-state index contributed by atoms with van der Waals surface area (Å²) in [6.45, 7) is 1.55. The molecular formula is C18H23Cl2NO3. The monoisotopic (exact) mass is 371 g/mol. The maximum atomic E-state index is 12.6. The van der Waals surface area contributed by atoms with Gasteiger partial charge in [-0.1, -0.05) is 29.6 Å². The Morgan fingerprint density at radius 2 is 2.12 bits per heavy atom. The van der Waals surface area contributed by atoms with Crippen LogP contribution in [-0.2, 0) is 9.53 Å². The summed E-state index contributed by atoms with van der Waals surface area (Å²) >= 11 is 12.0. The number of likely N-dealkylation sites (tertiary alicyclic amines) is 1. The molecule has 1 saturated heterocycles. The molecule has 2 aliphatic rings. The van der Waals surface area contributed by atoms with E-state index in [0.29, 0.717) is 15.8 Å². The predicted molar refractivity (Wildman–Crippen MR) is 94.9 cm³/mol. The van der Waals surface area contributed by atoms with Gasteiger partial charge in [-0.3, -0.25) is 4.79 Å². The van der Waals surface area contributed by atoms with Crippen LogP contribution < -0.4 is 4.74 Å². The summed E-state index contributed by atoms with van der Waals surface area (Å²) in [5.41, 5.74) is 0.126. The van der Waals surface area contributed by atoms with Gasteiger partial charge in [-0.15, -0.1) is 0 Å². The van der Waals surface area contributed by atoms with Crippen LogP contribution in [0, 0.1) is 5.41 Å². The van der Waals surface area contributed by atoms with Crippen molar-refractivity contribution in [2.45, 2.75) is 38.2 Å². The molecule has 0 unspecified atom stereocenters. The first-order valence-electron chi connectivity index (χ1n) is 8.42. The Bertz CT molecular complexity index is 610. The maximum Gasteiger partial charge on any atom is 0.260 e. The van der Waals surface area contributed by atoms with Gasteiger partial charge >= 0.3 is 0 Å². The number of rotatable bonds is 4. The molecule has 1 aromatic carbocycles. The fraction of sp³-hybridized carbons (Fsp3) is 0.611. The van der Waals surface area contributed by atoms with E-state index in [0.717, 1.165) is 38.8 Å². The molecule has 132 valence electrons. The number of nitrogens with zero attached hydrogens (tertiary/aromatic N) is 1. The maximum absolute atomic E-state index is 12.6. The van der Waals surface area contributed by atoms with E-state index >= 15 is 0 Å². The molecule has 4 nitrogen and oxygen atoms in total. The zero-order valence-corrected chi connectivity index (χ0v) is 15.4. The van der Waals surface area contributed by atoms with Gasteiger partial charge in [0, 0.05) is 30.6 Å². The normalized spacial score (nSPS) is 26.8. The van der Waals surface area contributed by atoms with E-state index in [1.807, 2.05) is 4.90 Å². The SMILES string of the molecule is CO[C@@H]1CCC[C@]12CCCN(C(=O)COc1ccc(Cl)cc1Cl)C2. The van der Waals surface area contributed by atoms with Crippen LogP contribution in [0.4, 0.5) is 0 Å². The lowest BCUT2D eigenvalue weighted by Gasteiger charge is -2.43. The summed E-state index contributed by atoms with van der Waals surface area (Å²) in [5.74, 6) is 0.485. The number of benzene rings is 1. The van der Waals surface area contributed by atoms with E-state index in [-0.39, 0.29) is 24.0 Å². The molecule has 1 amide bonds. The summed E-state index contributed by atoms with van der Waals surface area (Å²) in [4.78, 5) is 14.5. The molecule has 3 rings (SSSR count). The second-order valence-corrected chi connectivity index (χ2v) is 7.60. The molecule has 24 heavy (non-hydrogen) atoms. The average Bonchev–Trinajstić information content (AvgIpc) is 2.95. The number of ether oxygens (including phenoxy) is 2. The zero-order valence-electron chi connectivity index (χ0n) is 13.9. The van der Waals surface area contributed by atoms with Crippen molar-refractivity contribution in [3.8, 4) is 5.75 Å². The number of hydrogen-bond acceptors (Lipinski definition) is 3. The van der Waals surface area contributed by atoms with Crippen LogP contribution in [0.2, 0.25) is 10.0 Å². The minimum absolute atomic E-state index is 0.00171. The highest BCUT2D eigenvalue weighted by Crippen LogP contribution is 2.46. The molecular weight excluding hydrogens is 349 g/mol. The molecule has 0 radical (unpaired) electrons. The van der Waals surface area contributed by atoms with E-state index < -0.39 is 0 Å². The summed E-state index contributed by atoms with van der Waals surface area (Å²) in [7, 11) is 1.78. The van der Waals surface area contributed by atoms with Gasteiger partial charge in [0.15, 0.2) is 6.61 Å². The highest BCUT2D eigenvalue weighted by molar-refractivity contribution is 6.35. The van der Waals surface area contributed by atoms with Gasteiger partial charge in [0.25, 0.3) is 5.91 Å². The fourth-order valence-corrected chi connectivity index (χ4v) is 4.60. The molecule has 1 heterocycles. The van der Waals surface area contributed by atoms with E-state index in [4.69, 9.17) is 32.7 Å². The van der Waals surface area contributed by atoms with Crippen LogP contribution in [-0.4, -0.2) is 43.7 Å². The van der Waals surface area contributed by atoms with Crippen molar-refractivity contribution in [2.24, 2.45) is 5.41 Å². The van der Waals surface area contributed by atoms with Gasteiger partial charge in [-0.2, -0.15) is 0 Å². The topological polar surface area (TPSA) is 38.8 Å². The Hall–Kier alpha value is -0.970. The zero-order chi connectivity index (χ0) is 17.2. The van der Waals surface area contributed by atoms with E-state index in [9.17, 15) is 4.79 Å². The van der Waals surface area contributed by atoms with Crippen molar-refractivity contribution >= 4 is 29.1 Å². The van der Waals surface area contributed by atoms with E-state index in [2.05, 4.69) is 0 Å². The Morgan fingerprint density at radius 3 is 2.88 bits per heavy atom. The van der Waals surface area contributed by atoms with Crippen LogP contribution in [0.25, 0.3) is 0 Å². The molecule has 1 spiro atoms. The molecule has 2 atom stereocenters. The number of carbonyl (C=O) groups is 1. The van der Waals surface area contributed by atoms with E-state index in [1.54, 1.807) is 25.3 Å². The molecule has 6 heteroatoms. The lowest BCUT2D eigenvalue weighted by Crippen LogP contribution is -2.50. The van der Waals surface area contributed by atoms with Crippen molar-refractivity contribution in [3.63, 3.8) is 0 Å². The molecule has 1 aromatic rings.